The summed E-state index contributed by atoms with van der Waals surface area (Å²) in [6.45, 7) is 8.31. The highest BCUT2D eigenvalue weighted by Crippen LogP contribution is 2.38. The molecule has 2 aromatic carbocycles. The number of tetrazole rings is 1. The van der Waals surface area contributed by atoms with Crippen LogP contribution < -0.4 is 0 Å². The zero-order valence-corrected chi connectivity index (χ0v) is 17.1. The average Bonchev–Trinajstić information content (AvgIpc) is 3.21. The summed E-state index contributed by atoms with van der Waals surface area (Å²) < 4.78 is 0. The van der Waals surface area contributed by atoms with Crippen molar-refractivity contribution in [3.8, 4) is 22.5 Å². The molecule has 1 aromatic heterocycles. The van der Waals surface area contributed by atoms with Gasteiger partial charge in [-0.3, -0.25) is 10.1 Å². The smallest absolute Gasteiger partial charge is 0.258 e. The van der Waals surface area contributed by atoms with Gasteiger partial charge in [-0.1, -0.05) is 61.9 Å². The molecule has 3 rings (SSSR count). The third-order valence-electron chi connectivity index (χ3n) is 4.71. The molecule has 0 aliphatic heterocycles. The number of H-pyrrole nitrogens is 1. The van der Waals surface area contributed by atoms with E-state index < -0.39 is 0 Å². The van der Waals surface area contributed by atoms with Crippen LogP contribution >= 0.6 is 0 Å². The van der Waals surface area contributed by atoms with Crippen LogP contribution in [0.2, 0.25) is 0 Å². The molecule has 3 aromatic rings. The fraction of sp³-hybridized carbons (Fsp3) is 0.318. The van der Waals surface area contributed by atoms with Crippen molar-refractivity contribution in [2.75, 3.05) is 0 Å². The molecule has 0 aliphatic carbocycles. The van der Waals surface area contributed by atoms with E-state index in [1.54, 1.807) is 6.07 Å². The average molecular weight is 391 g/mol. The first-order chi connectivity index (χ1) is 13.9. The first-order valence-electron chi connectivity index (χ1n) is 9.63. The Kier molecular flexibility index (Phi) is 6.16. The molecule has 0 bridgehead atoms. The van der Waals surface area contributed by atoms with Crippen LogP contribution in [0, 0.1) is 16.0 Å². The lowest BCUT2D eigenvalue weighted by Gasteiger charge is -2.18. The van der Waals surface area contributed by atoms with E-state index in [2.05, 4.69) is 40.5 Å². The zero-order chi connectivity index (χ0) is 21.0. The van der Waals surface area contributed by atoms with E-state index in [1.807, 2.05) is 50.2 Å². The van der Waals surface area contributed by atoms with Gasteiger partial charge in [0, 0.05) is 23.1 Å². The molecule has 0 aliphatic rings. The fourth-order valence-corrected chi connectivity index (χ4v) is 3.58. The Morgan fingerprint density at radius 2 is 1.90 bits per heavy atom. The fourth-order valence-electron chi connectivity index (χ4n) is 3.58. The highest BCUT2D eigenvalue weighted by atomic mass is 16.6. The molecule has 1 unspecified atom stereocenters. The summed E-state index contributed by atoms with van der Waals surface area (Å²) in [7, 11) is 0. The minimum atomic E-state index is -0.290. The van der Waals surface area contributed by atoms with Gasteiger partial charge in [-0.2, -0.15) is 5.21 Å². The van der Waals surface area contributed by atoms with Crippen molar-refractivity contribution in [1.82, 2.24) is 20.6 Å². The Labute approximate surface area is 170 Å². The molecule has 0 saturated carbocycles. The SMILES string of the molecule is CC(C)=CC(CC(C)C)c1ccc(-c2ccccc2-c2nn[nH]n2)cc1[N+](=O)[O-]. The second-order valence-corrected chi connectivity index (χ2v) is 7.79. The van der Waals surface area contributed by atoms with Gasteiger partial charge in [0.1, 0.15) is 0 Å². The Bertz CT molecular complexity index is 1020. The maximum absolute atomic E-state index is 11.9. The summed E-state index contributed by atoms with van der Waals surface area (Å²) in [5.41, 5.74) is 4.37. The lowest BCUT2D eigenvalue weighted by molar-refractivity contribution is -0.385. The summed E-state index contributed by atoms with van der Waals surface area (Å²) >= 11 is 0. The van der Waals surface area contributed by atoms with Gasteiger partial charge < -0.3 is 0 Å². The van der Waals surface area contributed by atoms with Crippen LogP contribution in [0.15, 0.2) is 54.1 Å². The highest BCUT2D eigenvalue weighted by molar-refractivity contribution is 5.81. The molecule has 0 amide bonds. The van der Waals surface area contributed by atoms with Crippen LogP contribution in [0.5, 0.6) is 0 Å². The van der Waals surface area contributed by atoms with E-state index in [4.69, 9.17) is 0 Å². The van der Waals surface area contributed by atoms with Gasteiger partial charge in [0.05, 0.1) is 4.92 Å². The van der Waals surface area contributed by atoms with Crippen molar-refractivity contribution in [3.63, 3.8) is 0 Å². The number of nitro benzene ring substituents is 1. The van der Waals surface area contributed by atoms with Gasteiger partial charge in [-0.25, -0.2) is 0 Å². The predicted molar refractivity (Wildman–Crippen MR) is 113 cm³/mol. The summed E-state index contributed by atoms with van der Waals surface area (Å²) in [6.07, 6.45) is 2.97. The molecule has 0 radical (unpaired) electrons. The molecule has 0 fully saturated rings. The number of nitrogens with zero attached hydrogens (tertiary/aromatic N) is 4. The van der Waals surface area contributed by atoms with Crippen molar-refractivity contribution >= 4 is 5.69 Å². The Balaban J connectivity index is 2.13. The lowest BCUT2D eigenvalue weighted by atomic mass is 9.86. The molecule has 150 valence electrons. The number of hydrogen-bond donors (Lipinski definition) is 1. The van der Waals surface area contributed by atoms with Crippen molar-refractivity contribution in [2.45, 2.75) is 40.0 Å². The Morgan fingerprint density at radius 3 is 2.48 bits per heavy atom. The molecule has 0 spiro atoms. The molecular weight excluding hydrogens is 366 g/mol. The molecule has 7 nitrogen and oxygen atoms in total. The van der Waals surface area contributed by atoms with Gasteiger partial charge in [0.15, 0.2) is 0 Å². The second-order valence-electron chi connectivity index (χ2n) is 7.79. The monoisotopic (exact) mass is 391 g/mol. The van der Waals surface area contributed by atoms with Gasteiger partial charge >= 0.3 is 0 Å². The third-order valence-corrected chi connectivity index (χ3v) is 4.71. The Morgan fingerprint density at radius 1 is 1.17 bits per heavy atom. The molecule has 0 saturated heterocycles. The second kappa shape index (κ2) is 8.77. The first kappa shape index (κ1) is 20.4. The third kappa shape index (κ3) is 4.74. The maximum Gasteiger partial charge on any atom is 0.273 e. The molecule has 1 atom stereocenters. The minimum Gasteiger partial charge on any atom is -0.258 e. The van der Waals surface area contributed by atoms with E-state index in [0.29, 0.717) is 11.7 Å². The number of nitro groups is 1. The number of aromatic nitrogens is 4. The lowest BCUT2D eigenvalue weighted by Crippen LogP contribution is -2.05. The highest BCUT2D eigenvalue weighted by Gasteiger charge is 2.23. The number of benzene rings is 2. The van der Waals surface area contributed by atoms with Gasteiger partial charge in [-0.15, -0.1) is 10.2 Å². The van der Waals surface area contributed by atoms with Crippen molar-refractivity contribution in [1.29, 1.82) is 0 Å². The number of rotatable bonds is 7. The van der Waals surface area contributed by atoms with Gasteiger partial charge in [-0.05, 0) is 42.5 Å². The number of hydrogen-bond acceptors (Lipinski definition) is 5. The molecular formula is C22H25N5O2. The number of aromatic amines is 1. The predicted octanol–water partition coefficient (Wildman–Crippen LogP) is 5.54. The quantitative estimate of drug-likeness (QED) is 0.324. The molecule has 7 heteroatoms. The van der Waals surface area contributed by atoms with Crippen LogP contribution in [0.4, 0.5) is 5.69 Å². The van der Waals surface area contributed by atoms with Crippen LogP contribution in [0.3, 0.4) is 0 Å². The summed E-state index contributed by atoms with van der Waals surface area (Å²) in [4.78, 5) is 11.7. The van der Waals surface area contributed by atoms with Crippen molar-refractivity contribution in [3.05, 3.63) is 69.8 Å². The van der Waals surface area contributed by atoms with Crippen LogP contribution in [-0.4, -0.2) is 25.5 Å². The van der Waals surface area contributed by atoms with Crippen molar-refractivity contribution < 1.29 is 4.92 Å². The zero-order valence-electron chi connectivity index (χ0n) is 17.1. The molecule has 1 N–H and O–H groups in total. The largest absolute Gasteiger partial charge is 0.273 e. The van der Waals surface area contributed by atoms with Crippen molar-refractivity contribution in [2.24, 2.45) is 5.92 Å². The number of allylic oxidation sites excluding steroid dienone is 2. The first-order valence-corrected chi connectivity index (χ1v) is 9.63. The van der Waals surface area contributed by atoms with E-state index in [0.717, 1.165) is 34.2 Å². The Hall–Kier alpha value is -3.35. The van der Waals surface area contributed by atoms with Gasteiger partial charge in [0.2, 0.25) is 5.82 Å². The van der Waals surface area contributed by atoms with E-state index in [1.165, 1.54) is 0 Å². The van der Waals surface area contributed by atoms with E-state index in [-0.39, 0.29) is 16.5 Å². The summed E-state index contributed by atoms with van der Waals surface area (Å²) in [5, 5.41) is 26.1. The summed E-state index contributed by atoms with van der Waals surface area (Å²) in [6, 6.07) is 13.0. The molecule has 29 heavy (non-hydrogen) atoms. The normalized spacial score (nSPS) is 12.0. The van der Waals surface area contributed by atoms with Crippen LogP contribution in [0.1, 0.15) is 45.6 Å². The van der Waals surface area contributed by atoms with E-state index in [9.17, 15) is 10.1 Å². The number of nitrogens with one attached hydrogen (secondary N) is 1. The maximum atomic E-state index is 11.9. The molecule has 1 heterocycles. The topological polar surface area (TPSA) is 97.6 Å². The van der Waals surface area contributed by atoms with Crippen LogP contribution in [-0.2, 0) is 0 Å². The van der Waals surface area contributed by atoms with E-state index >= 15 is 0 Å². The van der Waals surface area contributed by atoms with Gasteiger partial charge in [0.25, 0.3) is 5.69 Å². The van der Waals surface area contributed by atoms with Crippen LogP contribution in [0.25, 0.3) is 22.5 Å². The standard InChI is InChI=1S/C22H25N5O2/c1-14(2)11-17(12-15(3)4)19-10-9-16(13-21(19)27(28)29)18-7-5-6-8-20(18)22-23-25-26-24-22/h5-11,13,15,17H,12H2,1-4H3,(H,23,24,25,26). The minimum absolute atomic E-state index is 0.00176. The summed E-state index contributed by atoms with van der Waals surface area (Å²) in [5.74, 6) is 0.880.